The highest BCUT2D eigenvalue weighted by atomic mass is 19.1. The summed E-state index contributed by atoms with van der Waals surface area (Å²) in [6, 6.07) is 16.9. The Bertz CT molecular complexity index is 1160. The summed E-state index contributed by atoms with van der Waals surface area (Å²) in [6.45, 7) is 0.205. The summed E-state index contributed by atoms with van der Waals surface area (Å²) < 4.78 is 18.4. The van der Waals surface area contributed by atoms with Crippen molar-refractivity contribution >= 4 is 17.4 Å². The molecule has 0 saturated carbocycles. The first-order valence-corrected chi connectivity index (χ1v) is 10.1. The Labute approximate surface area is 184 Å². The lowest BCUT2D eigenvalue weighted by Gasteiger charge is -2.24. The molecule has 162 valence electrons. The molecule has 1 aliphatic rings. The van der Waals surface area contributed by atoms with Crippen molar-refractivity contribution in [2.24, 2.45) is 0 Å². The number of nitrogens with zero attached hydrogens (tertiary/aromatic N) is 2. The van der Waals surface area contributed by atoms with E-state index < -0.39 is 17.7 Å². The average molecular weight is 432 g/mol. The Balaban J connectivity index is 1.73. The summed E-state index contributed by atoms with van der Waals surface area (Å²) in [5.74, 6) is -1.50. The first-order chi connectivity index (χ1) is 15.5. The van der Waals surface area contributed by atoms with Gasteiger partial charge in [-0.3, -0.25) is 14.6 Å². The van der Waals surface area contributed by atoms with Crippen LogP contribution in [0.3, 0.4) is 0 Å². The second kappa shape index (κ2) is 9.01. The fourth-order valence-electron chi connectivity index (χ4n) is 3.76. The minimum absolute atomic E-state index is 0.0158. The highest BCUT2D eigenvalue weighted by molar-refractivity contribution is 6.46. The standard InChI is InChI=1S/C25H21FN2O4/c1-32-19-11-7-17(8-12-19)23(29)21-22(20-4-2-3-14-27-20)28(25(31)24(21)30)15-13-16-5-9-18(26)10-6-16/h2-12,14,22,29H,13,15H2,1H3/b23-21-. The van der Waals surface area contributed by atoms with E-state index in [1.165, 1.54) is 24.1 Å². The SMILES string of the molecule is COc1ccc(/C(O)=C2/C(=O)C(=O)N(CCc3ccc(F)cc3)C2c2ccccn2)cc1. The third kappa shape index (κ3) is 4.09. The van der Waals surface area contributed by atoms with E-state index in [0.717, 1.165) is 5.56 Å². The van der Waals surface area contributed by atoms with Gasteiger partial charge in [0.25, 0.3) is 11.7 Å². The number of aromatic nitrogens is 1. The number of pyridine rings is 1. The number of amides is 1. The smallest absolute Gasteiger partial charge is 0.295 e. The third-order valence-electron chi connectivity index (χ3n) is 5.43. The van der Waals surface area contributed by atoms with Crippen LogP contribution < -0.4 is 4.74 Å². The molecule has 7 heteroatoms. The van der Waals surface area contributed by atoms with Crippen LogP contribution in [-0.2, 0) is 16.0 Å². The van der Waals surface area contributed by atoms with Gasteiger partial charge in [-0.25, -0.2) is 4.39 Å². The number of ketones is 1. The van der Waals surface area contributed by atoms with Crippen LogP contribution in [0.2, 0.25) is 0 Å². The second-order valence-corrected chi connectivity index (χ2v) is 7.35. The lowest BCUT2D eigenvalue weighted by molar-refractivity contribution is -0.139. The number of likely N-dealkylation sites (tertiary alicyclic amines) is 1. The maximum absolute atomic E-state index is 13.2. The fourth-order valence-corrected chi connectivity index (χ4v) is 3.76. The predicted molar refractivity (Wildman–Crippen MR) is 116 cm³/mol. The molecule has 0 aliphatic carbocycles. The Hall–Kier alpha value is -4.00. The number of carbonyl (C=O) groups excluding carboxylic acids is 2. The van der Waals surface area contributed by atoms with Crippen LogP contribution >= 0.6 is 0 Å². The quantitative estimate of drug-likeness (QED) is 0.363. The van der Waals surface area contributed by atoms with Crippen LogP contribution in [0, 0.1) is 5.82 Å². The van der Waals surface area contributed by atoms with Gasteiger partial charge in [0.2, 0.25) is 0 Å². The van der Waals surface area contributed by atoms with Crippen LogP contribution in [0.15, 0.2) is 78.5 Å². The highest BCUT2D eigenvalue weighted by Crippen LogP contribution is 2.38. The first-order valence-electron chi connectivity index (χ1n) is 10.1. The van der Waals surface area contributed by atoms with Gasteiger partial charge in [0.05, 0.1) is 18.4 Å². The molecule has 1 amide bonds. The van der Waals surface area contributed by atoms with E-state index in [2.05, 4.69) is 4.98 Å². The van der Waals surface area contributed by atoms with E-state index in [1.807, 2.05) is 0 Å². The van der Waals surface area contributed by atoms with E-state index >= 15 is 0 Å². The van der Waals surface area contributed by atoms with E-state index in [-0.39, 0.29) is 23.7 Å². The van der Waals surface area contributed by atoms with Crippen molar-refractivity contribution in [3.05, 3.63) is 101 Å². The van der Waals surface area contributed by atoms with E-state index in [1.54, 1.807) is 60.8 Å². The molecule has 0 bridgehead atoms. The van der Waals surface area contributed by atoms with Gasteiger partial charge in [0, 0.05) is 18.3 Å². The summed E-state index contributed by atoms with van der Waals surface area (Å²) in [5, 5.41) is 11.0. The summed E-state index contributed by atoms with van der Waals surface area (Å²) in [6.07, 6.45) is 1.99. The van der Waals surface area contributed by atoms with Crippen molar-refractivity contribution < 1.29 is 23.8 Å². The third-order valence-corrected chi connectivity index (χ3v) is 5.43. The van der Waals surface area contributed by atoms with Crippen LogP contribution in [0.1, 0.15) is 22.9 Å². The minimum atomic E-state index is -0.834. The number of carbonyl (C=O) groups is 2. The maximum atomic E-state index is 13.2. The molecule has 3 aromatic rings. The van der Waals surface area contributed by atoms with Gasteiger partial charge in [-0.2, -0.15) is 0 Å². The molecule has 4 rings (SSSR count). The van der Waals surface area contributed by atoms with Crippen molar-refractivity contribution in [1.29, 1.82) is 0 Å². The second-order valence-electron chi connectivity index (χ2n) is 7.35. The normalized spacial score (nSPS) is 17.6. The first kappa shape index (κ1) is 21.2. The molecule has 0 spiro atoms. The molecule has 32 heavy (non-hydrogen) atoms. The van der Waals surface area contributed by atoms with Gasteiger partial charge >= 0.3 is 0 Å². The Morgan fingerprint density at radius 1 is 1.06 bits per heavy atom. The Morgan fingerprint density at radius 3 is 2.41 bits per heavy atom. The minimum Gasteiger partial charge on any atom is -0.507 e. The lowest BCUT2D eigenvalue weighted by atomic mass is 9.98. The van der Waals surface area contributed by atoms with E-state index in [4.69, 9.17) is 4.74 Å². The molecule has 2 heterocycles. The number of rotatable bonds is 6. The molecule has 1 aromatic heterocycles. The summed E-state index contributed by atoms with van der Waals surface area (Å²) in [4.78, 5) is 31.7. The van der Waals surface area contributed by atoms with Gasteiger partial charge in [0.1, 0.15) is 23.4 Å². The van der Waals surface area contributed by atoms with E-state index in [0.29, 0.717) is 23.4 Å². The van der Waals surface area contributed by atoms with Gasteiger partial charge in [-0.1, -0.05) is 18.2 Å². The fraction of sp³-hybridized carbons (Fsp3) is 0.160. The van der Waals surface area contributed by atoms with Crippen LogP contribution in [-0.4, -0.2) is 40.3 Å². The number of benzene rings is 2. The maximum Gasteiger partial charge on any atom is 0.295 e. The molecule has 1 atom stereocenters. The summed E-state index contributed by atoms with van der Waals surface area (Å²) in [7, 11) is 1.53. The highest BCUT2D eigenvalue weighted by Gasteiger charge is 2.46. The lowest BCUT2D eigenvalue weighted by Crippen LogP contribution is -2.32. The number of aliphatic hydroxyl groups excluding tert-OH is 1. The molecule has 0 radical (unpaired) electrons. The number of aliphatic hydroxyl groups is 1. The Kier molecular flexibility index (Phi) is 5.98. The number of methoxy groups -OCH3 is 1. The molecule has 6 nitrogen and oxygen atoms in total. The zero-order chi connectivity index (χ0) is 22.7. The molecular formula is C25H21FN2O4. The van der Waals surface area contributed by atoms with Crippen molar-refractivity contribution in [3.8, 4) is 5.75 Å². The van der Waals surface area contributed by atoms with Crippen molar-refractivity contribution in [1.82, 2.24) is 9.88 Å². The molecule has 1 N–H and O–H groups in total. The van der Waals surface area contributed by atoms with Crippen LogP contribution in [0.5, 0.6) is 5.75 Å². The van der Waals surface area contributed by atoms with Gasteiger partial charge in [-0.15, -0.1) is 0 Å². The number of halogens is 1. The predicted octanol–water partition coefficient (Wildman–Crippen LogP) is 3.89. The van der Waals surface area contributed by atoms with Crippen LogP contribution in [0.25, 0.3) is 5.76 Å². The zero-order valence-electron chi connectivity index (χ0n) is 17.4. The summed E-state index contributed by atoms with van der Waals surface area (Å²) >= 11 is 0. The Morgan fingerprint density at radius 2 is 1.78 bits per heavy atom. The van der Waals surface area contributed by atoms with Crippen LogP contribution in [0.4, 0.5) is 4.39 Å². The van der Waals surface area contributed by atoms with Gasteiger partial charge in [-0.05, 0) is 60.5 Å². The van der Waals surface area contributed by atoms with Crippen molar-refractivity contribution in [2.75, 3.05) is 13.7 Å². The van der Waals surface area contributed by atoms with Gasteiger partial charge in [0.15, 0.2) is 0 Å². The number of Topliss-reactive ketones (excluding diaryl/α,β-unsaturated/α-hetero) is 1. The van der Waals surface area contributed by atoms with E-state index in [9.17, 15) is 19.1 Å². The molecule has 2 aromatic carbocycles. The number of hydrogen-bond donors (Lipinski definition) is 1. The molecule has 1 saturated heterocycles. The monoisotopic (exact) mass is 432 g/mol. The molecule has 1 unspecified atom stereocenters. The number of hydrogen-bond acceptors (Lipinski definition) is 5. The molecule has 1 fully saturated rings. The van der Waals surface area contributed by atoms with Gasteiger partial charge < -0.3 is 14.7 Å². The molecular weight excluding hydrogens is 411 g/mol. The summed E-state index contributed by atoms with van der Waals surface area (Å²) in [5.41, 5.74) is 1.67. The number of ether oxygens (including phenoxy) is 1. The average Bonchev–Trinajstić information content (AvgIpc) is 3.08. The zero-order valence-corrected chi connectivity index (χ0v) is 17.4. The largest absolute Gasteiger partial charge is 0.507 e. The topological polar surface area (TPSA) is 79.7 Å². The van der Waals surface area contributed by atoms with Crippen molar-refractivity contribution in [2.45, 2.75) is 12.5 Å². The van der Waals surface area contributed by atoms with Crippen molar-refractivity contribution in [3.63, 3.8) is 0 Å². The molecule has 1 aliphatic heterocycles.